The highest BCUT2D eigenvalue weighted by Gasteiger charge is 2.02. The molecule has 1 N–H and O–H groups in total. The number of carbonyl (C=O) groups is 1. The number of H-pyrrole nitrogens is 1. The second kappa shape index (κ2) is 6.31. The Balaban J connectivity index is 2.21. The number of aliphatic imine (C=N–C) groups is 2. The summed E-state index contributed by atoms with van der Waals surface area (Å²) in [5, 5.41) is 0. The van der Waals surface area contributed by atoms with Crippen LogP contribution >= 0.6 is 0 Å². The fourth-order valence-corrected chi connectivity index (χ4v) is 2.25. The molecule has 0 radical (unpaired) electrons. The van der Waals surface area contributed by atoms with Crippen molar-refractivity contribution in [3.05, 3.63) is 52.3 Å². The van der Waals surface area contributed by atoms with Crippen LogP contribution in [-0.2, 0) is 4.79 Å². The topological polar surface area (TPSA) is 57.6 Å². The third kappa shape index (κ3) is 3.99. The van der Waals surface area contributed by atoms with Gasteiger partial charge in [0.2, 0.25) is 5.91 Å². The average molecular weight is 281 g/mol. The first-order valence-electron chi connectivity index (χ1n) is 6.81. The molecule has 1 heterocycles. The Morgan fingerprint density at radius 1 is 1.05 bits per heavy atom. The highest BCUT2D eigenvalue weighted by Crippen LogP contribution is 2.24. The SMILES string of the molecule is CC(=O)N=Cc1ccc(C=Nc2c(C)cc(C)cc2C)[nH]1. The number of amides is 1. The van der Waals surface area contributed by atoms with Crippen LogP contribution in [0.4, 0.5) is 5.69 Å². The van der Waals surface area contributed by atoms with Crippen molar-refractivity contribution in [3.8, 4) is 0 Å². The monoisotopic (exact) mass is 281 g/mol. The zero-order valence-electron chi connectivity index (χ0n) is 12.8. The van der Waals surface area contributed by atoms with Gasteiger partial charge in [-0.3, -0.25) is 9.79 Å². The number of aryl methyl sites for hydroxylation is 3. The second-order valence-corrected chi connectivity index (χ2v) is 5.15. The molecule has 108 valence electrons. The van der Waals surface area contributed by atoms with Crippen molar-refractivity contribution in [2.45, 2.75) is 27.7 Å². The maximum absolute atomic E-state index is 10.8. The van der Waals surface area contributed by atoms with Gasteiger partial charge in [0, 0.05) is 6.92 Å². The van der Waals surface area contributed by atoms with Gasteiger partial charge in [-0.25, -0.2) is 4.99 Å². The van der Waals surface area contributed by atoms with Crippen LogP contribution in [0.5, 0.6) is 0 Å². The van der Waals surface area contributed by atoms with Crippen molar-refractivity contribution in [2.75, 3.05) is 0 Å². The Labute approximate surface area is 124 Å². The van der Waals surface area contributed by atoms with E-state index in [9.17, 15) is 4.79 Å². The minimum absolute atomic E-state index is 0.217. The molecule has 4 nitrogen and oxygen atoms in total. The van der Waals surface area contributed by atoms with E-state index in [2.05, 4.69) is 47.9 Å². The van der Waals surface area contributed by atoms with E-state index in [1.807, 2.05) is 12.1 Å². The number of benzene rings is 1. The molecule has 0 aliphatic heterocycles. The Bertz CT molecular complexity index is 700. The fourth-order valence-electron chi connectivity index (χ4n) is 2.25. The lowest BCUT2D eigenvalue weighted by Gasteiger charge is -2.05. The van der Waals surface area contributed by atoms with Gasteiger partial charge in [0.25, 0.3) is 0 Å². The summed E-state index contributed by atoms with van der Waals surface area (Å²) >= 11 is 0. The van der Waals surface area contributed by atoms with Crippen molar-refractivity contribution in [1.82, 2.24) is 4.98 Å². The van der Waals surface area contributed by atoms with E-state index < -0.39 is 0 Å². The zero-order chi connectivity index (χ0) is 15.4. The predicted octanol–water partition coefficient (Wildman–Crippen LogP) is 3.66. The Kier molecular flexibility index (Phi) is 4.48. The van der Waals surface area contributed by atoms with E-state index in [1.54, 1.807) is 6.21 Å². The smallest absolute Gasteiger partial charge is 0.242 e. The van der Waals surface area contributed by atoms with Gasteiger partial charge < -0.3 is 4.98 Å². The van der Waals surface area contributed by atoms with Gasteiger partial charge in [-0.05, 0) is 44.0 Å². The molecule has 21 heavy (non-hydrogen) atoms. The summed E-state index contributed by atoms with van der Waals surface area (Å²) in [6, 6.07) is 8.02. The molecule has 2 rings (SSSR count). The Morgan fingerprint density at radius 2 is 1.62 bits per heavy atom. The molecule has 1 aromatic carbocycles. The van der Waals surface area contributed by atoms with Crippen LogP contribution in [0.1, 0.15) is 35.0 Å². The number of nitrogens with one attached hydrogen (secondary N) is 1. The molecule has 4 heteroatoms. The van der Waals surface area contributed by atoms with Crippen molar-refractivity contribution in [1.29, 1.82) is 0 Å². The lowest BCUT2D eigenvalue weighted by Crippen LogP contribution is -1.89. The second-order valence-electron chi connectivity index (χ2n) is 5.15. The predicted molar refractivity (Wildman–Crippen MR) is 87.0 cm³/mol. The molecule has 0 aliphatic rings. The Hall–Kier alpha value is -2.49. The van der Waals surface area contributed by atoms with Gasteiger partial charge in [-0.15, -0.1) is 0 Å². The largest absolute Gasteiger partial charge is 0.353 e. The molecule has 1 amide bonds. The van der Waals surface area contributed by atoms with Crippen LogP contribution < -0.4 is 0 Å². The standard InChI is InChI=1S/C17H19N3O/c1-11-7-12(2)17(13(3)8-11)19-10-16-6-5-15(20-16)9-18-14(4)21/h5-10,20H,1-4H3. The zero-order valence-corrected chi connectivity index (χ0v) is 12.8. The first kappa shape index (κ1) is 14.9. The first-order valence-corrected chi connectivity index (χ1v) is 6.81. The third-order valence-electron chi connectivity index (χ3n) is 3.08. The van der Waals surface area contributed by atoms with E-state index in [1.165, 1.54) is 18.7 Å². The van der Waals surface area contributed by atoms with Crippen LogP contribution in [-0.4, -0.2) is 23.3 Å². The molecule has 0 unspecified atom stereocenters. The Morgan fingerprint density at radius 3 is 2.19 bits per heavy atom. The number of aromatic nitrogens is 1. The summed E-state index contributed by atoms with van der Waals surface area (Å²) < 4.78 is 0. The molecule has 0 aliphatic carbocycles. The number of carbonyl (C=O) groups excluding carboxylic acids is 1. The van der Waals surface area contributed by atoms with E-state index >= 15 is 0 Å². The molecule has 0 saturated heterocycles. The molecule has 2 aromatic rings. The summed E-state index contributed by atoms with van der Waals surface area (Å²) in [4.78, 5) is 22.2. The van der Waals surface area contributed by atoms with E-state index in [4.69, 9.17) is 0 Å². The molecule has 0 bridgehead atoms. The molecular weight excluding hydrogens is 262 g/mol. The molecule has 0 saturated carbocycles. The number of hydrogen-bond donors (Lipinski definition) is 1. The van der Waals surface area contributed by atoms with E-state index in [0.29, 0.717) is 0 Å². The lowest BCUT2D eigenvalue weighted by atomic mass is 10.1. The summed E-state index contributed by atoms with van der Waals surface area (Å²) in [6.07, 6.45) is 3.30. The molecule has 1 aromatic heterocycles. The van der Waals surface area contributed by atoms with Crippen molar-refractivity contribution in [2.24, 2.45) is 9.98 Å². The maximum Gasteiger partial charge on any atom is 0.242 e. The minimum atomic E-state index is -0.217. The van der Waals surface area contributed by atoms with Crippen molar-refractivity contribution < 1.29 is 4.79 Å². The number of nitrogens with zero attached hydrogens (tertiary/aromatic N) is 2. The molecule has 0 atom stereocenters. The van der Waals surface area contributed by atoms with Gasteiger partial charge in [-0.2, -0.15) is 0 Å². The fraction of sp³-hybridized carbons (Fsp3) is 0.235. The number of rotatable bonds is 3. The van der Waals surface area contributed by atoms with E-state index in [-0.39, 0.29) is 5.91 Å². The summed E-state index contributed by atoms with van der Waals surface area (Å²) in [6.45, 7) is 7.63. The van der Waals surface area contributed by atoms with Crippen molar-refractivity contribution in [3.63, 3.8) is 0 Å². The van der Waals surface area contributed by atoms with Gasteiger partial charge in [0.15, 0.2) is 0 Å². The summed E-state index contributed by atoms with van der Waals surface area (Å²) in [5.74, 6) is -0.217. The van der Waals surface area contributed by atoms with Crippen LogP contribution in [0.3, 0.4) is 0 Å². The summed E-state index contributed by atoms with van der Waals surface area (Å²) in [7, 11) is 0. The van der Waals surface area contributed by atoms with Crippen LogP contribution in [0, 0.1) is 20.8 Å². The molecule has 0 fully saturated rings. The molecule has 0 spiro atoms. The van der Waals surface area contributed by atoms with Crippen LogP contribution in [0.2, 0.25) is 0 Å². The van der Waals surface area contributed by atoms with Gasteiger partial charge in [0.05, 0.1) is 29.5 Å². The van der Waals surface area contributed by atoms with Gasteiger partial charge in [-0.1, -0.05) is 17.7 Å². The highest BCUT2D eigenvalue weighted by atomic mass is 16.1. The third-order valence-corrected chi connectivity index (χ3v) is 3.08. The summed E-state index contributed by atoms with van der Waals surface area (Å²) in [5.41, 5.74) is 6.21. The number of aromatic amines is 1. The number of hydrogen-bond acceptors (Lipinski definition) is 2. The average Bonchev–Trinajstić information content (AvgIpc) is 2.83. The minimum Gasteiger partial charge on any atom is -0.353 e. The van der Waals surface area contributed by atoms with Crippen LogP contribution in [0.25, 0.3) is 0 Å². The maximum atomic E-state index is 10.8. The van der Waals surface area contributed by atoms with Crippen molar-refractivity contribution >= 4 is 24.0 Å². The normalized spacial score (nSPS) is 11.6. The van der Waals surface area contributed by atoms with Gasteiger partial charge >= 0.3 is 0 Å². The highest BCUT2D eigenvalue weighted by molar-refractivity contribution is 5.91. The quantitative estimate of drug-likeness (QED) is 0.858. The molecular formula is C17H19N3O. The van der Waals surface area contributed by atoms with E-state index in [0.717, 1.165) is 28.2 Å². The van der Waals surface area contributed by atoms with Gasteiger partial charge in [0.1, 0.15) is 0 Å². The first-order chi connectivity index (χ1) is 9.95. The van der Waals surface area contributed by atoms with Crippen LogP contribution in [0.15, 0.2) is 34.3 Å². The lowest BCUT2D eigenvalue weighted by molar-refractivity contribution is -0.115.